The molecule has 1 aliphatic heterocycles. The predicted octanol–water partition coefficient (Wildman–Crippen LogP) is 2.08. The van der Waals surface area contributed by atoms with Crippen molar-refractivity contribution in [1.82, 2.24) is 5.01 Å². The van der Waals surface area contributed by atoms with E-state index >= 15 is 0 Å². The second-order valence-corrected chi connectivity index (χ2v) is 4.16. The molecule has 70 valence electrons. The molecule has 0 aromatic rings. The Balaban J connectivity index is 2.19. The van der Waals surface area contributed by atoms with Crippen LogP contribution >= 0.6 is 0 Å². The van der Waals surface area contributed by atoms with E-state index in [4.69, 9.17) is 0 Å². The zero-order valence-corrected chi connectivity index (χ0v) is 8.63. The Morgan fingerprint density at radius 1 is 1.36 bits per heavy atom. The maximum Gasteiger partial charge on any atom is 0.0679 e. The fraction of sp³-hybridized carbons (Fsp3) is 0.417. The minimum Gasteiger partial charge on any atom is -0.268 e. The van der Waals surface area contributed by atoms with Gasteiger partial charge in [-0.1, -0.05) is 11.5 Å². The molecule has 0 aromatic carbocycles. The lowest BCUT2D eigenvalue weighted by molar-refractivity contribution is 0.451. The van der Waals surface area contributed by atoms with E-state index in [1.165, 1.54) is 22.6 Å². The van der Waals surface area contributed by atoms with E-state index < -0.39 is 0 Å². The van der Waals surface area contributed by atoms with Gasteiger partial charge in [-0.2, -0.15) is 5.10 Å². The van der Waals surface area contributed by atoms with Gasteiger partial charge >= 0.3 is 0 Å². The van der Waals surface area contributed by atoms with Gasteiger partial charge < -0.3 is 0 Å². The van der Waals surface area contributed by atoms with Crippen molar-refractivity contribution in [2.24, 2.45) is 16.9 Å². The number of likely N-dealkylation sites (N-methyl/N-ethyl adjacent to an activating group) is 1. The molecule has 1 unspecified atom stereocenters. The molecule has 2 aliphatic carbocycles. The number of rotatable bonds is 0. The van der Waals surface area contributed by atoms with Crippen LogP contribution in [0.25, 0.3) is 0 Å². The summed E-state index contributed by atoms with van der Waals surface area (Å²) in [6.45, 7) is 4.24. The summed E-state index contributed by atoms with van der Waals surface area (Å²) >= 11 is 0. The molecular formula is C12H12N2. The Morgan fingerprint density at radius 3 is 2.93 bits per heavy atom. The molecule has 2 nitrogen and oxygen atoms in total. The lowest BCUT2D eigenvalue weighted by Gasteiger charge is -2.18. The summed E-state index contributed by atoms with van der Waals surface area (Å²) in [5.74, 6) is 1.12. The largest absolute Gasteiger partial charge is 0.268 e. The second-order valence-electron chi connectivity index (χ2n) is 4.16. The minimum absolute atomic E-state index is 0.560. The number of allylic oxidation sites excluding steroid dienone is 3. The molecule has 0 spiro atoms. The van der Waals surface area contributed by atoms with Crippen molar-refractivity contribution in [1.29, 1.82) is 0 Å². The van der Waals surface area contributed by atoms with Crippen LogP contribution in [-0.2, 0) is 0 Å². The first-order valence-corrected chi connectivity index (χ1v) is 4.91. The first-order chi connectivity index (χ1) is 6.70. The van der Waals surface area contributed by atoms with Gasteiger partial charge in [0.15, 0.2) is 0 Å². The Morgan fingerprint density at radius 2 is 2.14 bits per heavy atom. The van der Waals surface area contributed by atoms with E-state index in [-0.39, 0.29) is 0 Å². The molecule has 0 aromatic heterocycles. The summed E-state index contributed by atoms with van der Waals surface area (Å²) in [7, 11) is 2.00. The van der Waals surface area contributed by atoms with Crippen molar-refractivity contribution in [2.45, 2.75) is 13.8 Å². The van der Waals surface area contributed by atoms with Crippen LogP contribution < -0.4 is 0 Å². The Bertz CT molecular complexity index is 480. The number of hydrogen-bond donors (Lipinski definition) is 0. The molecule has 2 atom stereocenters. The normalized spacial score (nSPS) is 32.4. The van der Waals surface area contributed by atoms with Crippen molar-refractivity contribution < 1.29 is 0 Å². The summed E-state index contributed by atoms with van der Waals surface area (Å²) in [6, 6.07) is 0. The lowest BCUT2D eigenvalue weighted by atomic mass is 10.1. The van der Waals surface area contributed by atoms with Gasteiger partial charge in [0, 0.05) is 30.7 Å². The summed E-state index contributed by atoms with van der Waals surface area (Å²) in [4.78, 5) is 0. The average molecular weight is 184 g/mol. The van der Waals surface area contributed by atoms with E-state index in [9.17, 15) is 0 Å². The topological polar surface area (TPSA) is 15.6 Å². The average Bonchev–Trinajstić information content (AvgIpc) is 2.84. The SMILES string of the molecule is CC1=C=C=CC2=C3C1[C@H]3C(C)=NN2C. The highest BCUT2D eigenvalue weighted by Crippen LogP contribution is 2.55. The highest BCUT2D eigenvalue weighted by Gasteiger charge is 2.51. The molecule has 2 heteroatoms. The first-order valence-electron chi connectivity index (χ1n) is 4.91. The number of nitrogens with zero attached hydrogens (tertiary/aromatic N) is 2. The number of hydrogen-bond acceptors (Lipinski definition) is 2. The molecule has 0 radical (unpaired) electrons. The maximum absolute atomic E-state index is 4.50. The molecule has 1 saturated carbocycles. The summed E-state index contributed by atoms with van der Waals surface area (Å²) < 4.78 is 0. The number of hydrazone groups is 1. The Labute approximate surface area is 83.6 Å². The highest BCUT2D eigenvalue weighted by molar-refractivity contribution is 5.94. The van der Waals surface area contributed by atoms with Gasteiger partial charge in [-0.15, -0.1) is 0 Å². The molecule has 3 rings (SSSR count). The number of fused-ring (bicyclic) bond motifs is 1. The molecule has 14 heavy (non-hydrogen) atoms. The molecule has 1 heterocycles. The first kappa shape index (κ1) is 7.87. The molecular weight excluding hydrogens is 172 g/mol. The molecule has 0 saturated heterocycles. The van der Waals surface area contributed by atoms with Gasteiger partial charge in [-0.3, -0.25) is 5.01 Å². The molecule has 1 fully saturated rings. The second kappa shape index (κ2) is 2.30. The zero-order valence-electron chi connectivity index (χ0n) is 8.63. The summed E-state index contributed by atoms with van der Waals surface area (Å²) in [5.41, 5.74) is 11.5. The Hall–Kier alpha value is -1.49. The fourth-order valence-electron chi connectivity index (χ4n) is 2.54. The third-order valence-electron chi connectivity index (χ3n) is 3.24. The monoisotopic (exact) mass is 184 g/mol. The van der Waals surface area contributed by atoms with Crippen LogP contribution in [0, 0.1) is 11.8 Å². The summed E-state index contributed by atoms with van der Waals surface area (Å²) in [6.07, 6.45) is 1.99. The van der Waals surface area contributed by atoms with Gasteiger partial charge in [0.25, 0.3) is 0 Å². The van der Waals surface area contributed by atoms with E-state index in [0.29, 0.717) is 11.8 Å². The van der Waals surface area contributed by atoms with Gasteiger partial charge in [0.1, 0.15) is 0 Å². The van der Waals surface area contributed by atoms with Crippen molar-refractivity contribution in [3.63, 3.8) is 0 Å². The van der Waals surface area contributed by atoms with Crippen LogP contribution in [-0.4, -0.2) is 17.8 Å². The Kier molecular flexibility index (Phi) is 1.29. The van der Waals surface area contributed by atoms with E-state index in [0.717, 1.165) is 0 Å². The van der Waals surface area contributed by atoms with Crippen molar-refractivity contribution in [3.05, 3.63) is 34.4 Å². The van der Waals surface area contributed by atoms with Gasteiger partial charge in [0.05, 0.1) is 5.70 Å². The molecule has 0 bridgehead atoms. The predicted molar refractivity (Wildman–Crippen MR) is 55.7 cm³/mol. The zero-order chi connectivity index (χ0) is 9.87. The van der Waals surface area contributed by atoms with Crippen LogP contribution in [0.2, 0.25) is 0 Å². The van der Waals surface area contributed by atoms with E-state index in [2.05, 4.69) is 30.4 Å². The van der Waals surface area contributed by atoms with Gasteiger partial charge in [0.2, 0.25) is 0 Å². The summed E-state index contributed by atoms with van der Waals surface area (Å²) in [5, 5.41) is 6.46. The van der Waals surface area contributed by atoms with E-state index in [1.54, 1.807) is 0 Å². The van der Waals surface area contributed by atoms with Crippen LogP contribution in [0.1, 0.15) is 13.8 Å². The van der Waals surface area contributed by atoms with Crippen LogP contribution in [0.15, 0.2) is 39.5 Å². The van der Waals surface area contributed by atoms with Crippen molar-refractivity contribution in [3.8, 4) is 0 Å². The highest BCUT2D eigenvalue weighted by atomic mass is 15.5. The van der Waals surface area contributed by atoms with Crippen molar-refractivity contribution in [2.75, 3.05) is 7.05 Å². The molecule has 0 N–H and O–H groups in total. The maximum atomic E-state index is 4.50. The third kappa shape index (κ3) is 0.798. The van der Waals surface area contributed by atoms with Crippen LogP contribution in [0.3, 0.4) is 0 Å². The smallest absolute Gasteiger partial charge is 0.0679 e. The van der Waals surface area contributed by atoms with Gasteiger partial charge in [-0.05, 0) is 25.0 Å². The van der Waals surface area contributed by atoms with Crippen molar-refractivity contribution >= 4 is 5.71 Å². The van der Waals surface area contributed by atoms with Gasteiger partial charge in [-0.25, -0.2) is 0 Å². The molecule has 3 aliphatic rings. The minimum atomic E-state index is 0.560. The van der Waals surface area contributed by atoms with Crippen LogP contribution in [0.5, 0.6) is 0 Å². The van der Waals surface area contributed by atoms with E-state index in [1.807, 2.05) is 18.1 Å². The third-order valence-corrected chi connectivity index (χ3v) is 3.24. The lowest BCUT2D eigenvalue weighted by Crippen LogP contribution is -2.16. The fourth-order valence-corrected chi connectivity index (χ4v) is 2.54. The standard InChI is InChI=1S/C12H12N2/c1-7-5-4-6-9-12-10(7)11(12)8(2)13-14(9)3/h6,10-11H,1-3H3/t10?,11-/m1/s1. The quantitative estimate of drug-likeness (QED) is 0.526. The molecule has 0 amide bonds. The van der Waals surface area contributed by atoms with Crippen LogP contribution in [0.4, 0.5) is 0 Å².